The second-order valence-corrected chi connectivity index (χ2v) is 13.4. The van der Waals surface area contributed by atoms with Gasteiger partial charge in [0.1, 0.15) is 18.8 Å². The maximum Gasteiger partial charge on any atom is 0.322 e. The van der Waals surface area contributed by atoms with Gasteiger partial charge in [-0.3, -0.25) is 14.4 Å². The van der Waals surface area contributed by atoms with Crippen molar-refractivity contribution in [2.75, 3.05) is 44.8 Å². The molecule has 0 aromatic heterocycles. The number of hydrogen-bond acceptors (Lipinski definition) is 7. The second kappa shape index (κ2) is 18.8. The molecule has 0 bridgehead atoms. The molecule has 0 saturated heterocycles. The number of carbonyl (C=O) groups is 3. The summed E-state index contributed by atoms with van der Waals surface area (Å²) in [5.74, 6) is -1.26. The van der Waals surface area contributed by atoms with E-state index < -0.39 is 36.5 Å². The average Bonchev–Trinajstić information content (AvgIpc) is 3.15. The van der Waals surface area contributed by atoms with Gasteiger partial charge >= 0.3 is 5.97 Å². The van der Waals surface area contributed by atoms with Crippen LogP contribution in [0.5, 0.6) is 11.5 Å². The number of benzene rings is 3. The van der Waals surface area contributed by atoms with Gasteiger partial charge in [0.25, 0.3) is 5.91 Å². The van der Waals surface area contributed by atoms with Gasteiger partial charge < -0.3 is 34.9 Å². The van der Waals surface area contributed by atoms with E-state index in [1.165, 1.54) is 5.56 Å². The first-order chi connectivity index (χ1) is 23.0. The second-order valence-electron chi connectivity index (χ2n) is 13.0. The maximum atomic E-state index is 14.1. The molecule has 4 rings (SSSR count). The number of para-hydroxylation sites is 1. The highest BCUT2D eigenvalue weighted by atomic mass is 35.5. The van der Waals surface area contributed by atoms with Gasteiger partial charge in [0.05, 0.1) is 20.1 Å². The Hall–Kier alpha value is -3.83. The molecule has 1 aliphatic rings. The molecule has 266 valence electrons. The summed E-state index contributed by atoms with van der Waals surface area (Å²) >= 11 is 6.52. The van der Waals surface area contributed by atoms with Crippen molar-refractivity contribution in [3.05, 3.63) is 88.4 Å². The van der Waals surface area contributed by atoms with E-state index >= 15 is 0 Å². The van der Waals surface area contributed by atoms with Crippen LogP contribution in [-0.4, -0.2) is 68.9 Å². The minimum absolute atomic E-state index is 0. The quantitative estimate of drug-likeness (QED) is 0.149. The highest BCUT2D eigenvalue weighted by Crippen LogP contribution is 2.45. The topological polar surface area (TPSA) is 126 Å². The Morgan fingerprint density at radius 3 is 2.43 bits per heavy atom. The lowest BCUT2D eigenvalue weighted by Crippen LogP contribution is -2.45. The summed E-state index contributed by atoms with van der Waals surface area (Å²) in [6, 6.07) is 21.2. The van der Waals surface area contributed by atoms with E-state index in [1.54, 1.807) is 30.2 Å². The van der Waals surface area contributed by atoms with Crippen molar-refractivity contribution in [2.45, 2.75) is 58.7 Å². The first kappa shape index (κ1) is 39.6. The van der Waals surface area contributed by atoms with Gasteiger partial charge in [-0.15, -0.1) is 12.4 Å². The fraction of sp³-hybridized carbons (Fsp3) is 0.432. The van der Waals surface area contributed by atoms with Crippen LogP contribution >= 0.6 is 24.0 Å². The summed E-state index contributed by atoms with van der Waals surface area (Å²) in [6.07, 6.45) is 0.391. The number of amides is 2. The summed E-state index contributed by atoms with van der Waals surface area (Å²) < 4.78 is 18.6. The molecule has 2 amide bonds. The molecule has 0 saturated carbocycles. The largest absolute Gasteiger partial charge is 0.492 e. The fourth-order valence-electron chi connectivity index (χ4n) is 5.64. The van der Waals surface area contributed by atoms with Crippen LogP contribution in [0.15, 0.2) is 66.7 Å². The van der Waals surface area contributed by atoms with Crippen LogP contribution in [0.4, 0.5) is 5.69 Å². The van der Waals surface area contributed by atoms with E-state index in [1.807, 2.05) is 45.0 Å². The van der Waals surface area contributed by atoms with E-state index in [2.05, 4.69) is 34.9 Å². The third-order valence-corrected chi connectivity index (χ3v) is 7.99. The average molecular weight is 717 g/mol. The number of methoxy groups -OCH3 is 1. The fourth-order valence-corrected chi connectivity index (χ4v) is 5.82. The van der Waals surface area contributed by atoms with E-state index in [0.29, 0.717) is 46.5 Å². The zero-order valence-electron chi connectivity index (χ0n) is 28.5. The number of carboxylic acids is 1. The van der Waals surface area contributed by atoms with Crippen LogP contribution in [-0.2, 0) is 25.5 Å². The lowest BCUT2D eigenvalue weighted by molar-refractivity contribution is -0.140. The molecule has 0 radical (unpaired) electrons. The normalized spacial score (nSPS) is 15.9. The molecule has 3 aromatic carbocycles. The van der Waals surface area contributed by atoms with Gasteiger partial charge in [-0.05, 0) is 67.6 Å². The van der Waals surface area contributed by atoms with Crippen molar-refractivity contribution in [1.29, 1.82) is 0 Å². The van der Waals surface area contributed by atoms with Crippen molar-refractivity contribution in [3.8, 4) is 11.5 Å². The first-order valence-electron chi connectivity index (χ1n) is 16.3. The lowest BCUT2D eigenvalue weighted by Gasteiger charge is -2.31. The van der Waals surface area contributed by atoms with Crippen molar-refractivity contribution >= 4 is 47.5 Å². The van der Waals surface area contributed by atoms with Crippen LogP contribution in [0.2, 0.25) is 5.02 Å². The number of anilines is 1. The molecule has 49 heavy (non-hydrogen) atoms. The minimum atomic E-state index is -1.22. The van der Waals surface area contributed by atoms with E-state index in [-0.39, 0.29) is 24.2 Å². The highest BCUT2D eigenvalue weighted by Gasteiger charge is 2.40. The number of carbonyl (C=O) groups excluding carboxylic acids is 2. The van der Waals surface area contributed by atoms with Crippen LogP contribution in [0.25, 0.3) is 0 Å². The van der Waals surface area contributed by atoms with Crippen LogP contribution < -0.4 is 25.0 Å². The molecule has 2 atom stereocenters. The molecule has 0 aliphatic carbocycles. The van der Waals surface area contributed by atoms with Gasteiger partial charge in [0, 0.05) is 28.4 Å². The molecular formula is C37H47Cl2N3O7. The molecular weight excluding hydrogens is 669 g/mol. The Morgan fingerprint density at radius 2 is 1.73 bits per heavy atom. The van der Waals surface area contributed by atoms with Gasteiger partial charge in [-0.1, -0.05) is 74.8 Å². The van der Waals surface area contributed by atoms with Gasteiger partial charge in [-0.25, -0.2) is 0 Å². The van der Waals surface area contributed by atoms with Crippen LogP contribution in [0, 0.1) is 5.41 Å². The zero-order chi connectivity index (χ0) is 34.7. The number of ether oxygens (including phenoxy) is 3. The number of rotatable bonds is 16. The summed E-state index contributed by atoms with van der Waals surface area (Å²) in [4.78, 5) is 39.6. The SMILES string of the molecule is COc1c(OCCCNCCCc2ccccc2)cccc1[C@@H]1O[C@@H](CC(=O)NCC(=O)O)C(=O)N(CC(C)(C)C)c2ccc(Cl)cc21.Cl. The molecule has 3 N–H and O–H groups in total. The zero-order valence-corrected chi connectivity index (χ0v) is 30.1. The Bertz CT molecular complexity index is 1550. The number of aryl methyl sites for hydroxylation is 1. The van der Waals surface area contributed by atoms with Crippen LogP contribution in [0.3, 0.4) is 0 Å². The monoisotopic (exact) mass is 715 g/mol. The lowest BCUT2D eigenvalue weighted by atomic mass is 9.94. The Labute approximate surface area is 299 Å². The smallest absolute Gasteiger partial charge is 0.322 e. The predicted molar refractivity (Wildman–Crippen MR) is 193 cm³/mol. The number of nitrogens with one attached hydrogen (secondary N) is 2. The molecule has 3 aromatic rings. The number of aliphatic carboxylic acids is 1. The third kappa shape index (κ3) is 11.6. The van der Waals surface area contributed by atoms with Gasteiger partial charge in [-0.2, -0.15) is 0 Å². The molecule has 0 spiro atoms. The Balaban J connectivity index is 0.00000650. The summed E-state index contributed by atoms with van der Waals surface area (Å²) in [5.41, 5.74) is 2.85. The summed E-state index contributed by atoms with van der Waals surface area (Å²) in [6.45, 7) is 7.96. The highest BCUT2D eigenvalue weighted by molar-refractivity contribution is 6.30. The van der Waals surface area contributed by atoms with E-state index in [4.69, 9.17) is 30.9 Å². The van der Waals surface area contributed by atoms with Crippen molar-refractivity contribution in [2.24, 2.45) is 5.41 Å². The molecule has 1 heterocycles. The van der Waals surface area contributed by atoms with Gasteiger partial charge in [0.2, 0.25) is 5.91 Å². The summed E-state index contributed by atoms with van der Waals surface area (Å²) in [5, 5.41) is 15.3. The Morgan fingerprint density at radius 1 is 1.00 bits per heavy atom. The van der Waals surface area contributed by atoms with Crippen molar-refractivity contribution in [1.82, 2.24) is 10.6 Å². The molecule has 0 fully saturated rings. The van der Waals surface area contributed by atoms with Crippen LogP contribution in [0.1, 0.15) is 62.8 Å². The number of fused-ring (bicyclic) bond motifs is 1. The number of hydrogen-bond donors (Lipinski definition) is 3. The third-order valence-electron chi connectivity index (χ3n) is 7.76. The summed E-state index contributed by atoms with van der Waals surface area (Å²) in [7, 11) is 1.55. The van der Waals surface area contributed by atoms with E-state index in [9.17, 15) is 14.4 Å². The Kier molecular flexibility index (Phi) is 15.2. The minimum Gasteiger partial charge on any atom is -0.492 e. The molecule has 12 heteroatoms. The van der Waals surface area contributed by atoms with Gasteiger partial charge in [0.15, 0.2) is 11.5 Å². The number of nitrogens with zero attached hydrogens (tertiary/aromatic N) is 1. The van der Waals surface area contributed by atoms with Crippen molar-refractivity contribution in [3.63, 3.8) is 0 Å². The standard InChI is InChI=1S/C37H46ClN3O7.ClH/c1-37(2,3)24-41-29-17-16-26(38)21-28(29)34(48-31(36(41)45)22-32(42)40-23-33(43)44)27-14-8-15-30(35(27)46-4)47-20-10-19-39-18-9-13-25-11-6-5-7-12-25;/h5-8,11-12,14-17,21,31,34,39H,9-10,13,18-20,22-24H2,1-4H3,(H,40,42)(H,43,44);1H/t31-,34-;/m0./s1. The molecule has 10 nitrogen and oxygen atoms in total. The molecule has 0 unspecified atom stereocenters. The maximum absolute atomic E-state index is 14.1. The number of halogens is 2. The number of carboxylic acid groups (broad SMARTS) is 1. The molecule has 1 aliphatic heterocycles. The predicted octanol–water partition coefficient (Wildman–Crippen LogP) is 6.22. The van der Waals surface area contributed by atoms with E-state index in [0.717, 1.165) is 32.4 Å². The first-order valence-corrected chi connectivity index (χ1v) is 16.6. The van der Waals surface area contributed by atoms with Crippen molar-refractivity contribution < 1.29 is 33.7 Å².